The Kier molecular flexibility index (Phi) is 4.55. The van der Waals surface area contributed by atoms with Crippen LogP contribution in [-0.4, -0.2) is 20.7 Å². The summed E-state index contributed by atoms with van der Waals surface area (Å²) < 4.78 is 29.4. The number of halogens is 3. The van der Waals surface area contributed by atoms with Gasteiger partial charge in [0.05, 0.1) is 22.1 Å². The highest BCUT2D eigenvalue weighted by molar-refractivity contribution is 9.10. The summed E-state index contributed by atoms with van der Waals surface area (Å²) in [4.78, 5) is 17.8. The smallest absolute Gasteiger partial charge is 0.280 e. The quantitative estimate of drug-likeness (QED) is 0.412. The Morgan fingerprint density at radius 2 is 2.00 bits per heavy atom. The van der Waals surface area contributed by atoms with E-state index in [-0.39, 0.29) is 11.6 Å². The highest BCUT2D eigenvalue weighted by Gasteiger charge is 2.33. The molecule has 4 heterocycles. The first-order chi connectivity index (χ1) is 14.4. The Morgan fingerprint density at radius 3 is 2.67 bits per heavy atom. The lowest BCUT2D eigenvalue weighted by Gasteiger charge is -2.27. The minimum atomic E-state index is -2.71. The van der Waals surface area contributed by atoms with Crippen molar-refractivity contribution in [2.24, 2.45) is 7.05 Å². The van der Waals surface area contributed by atoms with Crippen molar-refractivity contribution in [3.63, 3.8) is 0 Å². The van der Waals surface area contributed by atoms with Gasteiger partial charge < -0.3 is 10.6 Å². The molecule has 3 aromatic heterocycles. The normalized spacial score (nSPS) is 15.9. The predicted octanol–water partition coefficient (Wildman–Crippen LogP) is 5.25. The molecule has 4 aromatic rings. The van der Waals surface area contributed by atoms with Crippen molar-refractivity contribution in [3.05, 3.63) is 63.3 Å². The van der Waals surface area contributed by atoms with Gasteiger partial charge in [0.15, 0.2) is 0 Å². The molecule has 152 valence electrons. The van der Waals surface area contributed by atoms with Gasteiger partial charge >= 0.3 is 0 Å². The van der Waals surface area contributed by atoms with Crippen LogP contribution in [0.25, 0.3) is 21.3 Å². The standard InChI is InChI=1S/C20H14BrF2N5OS/c1-28-15(11(21)8-24-28)18-26-14-13-10(9-5-3-2-4-6-9)7-12(17(22)23)25-20(13)30-16(14)19(29)27-18/h2-8,17-18,26H,1H3,(H,27,29)/t18-/m1/s1. The minimum Gasteiger partial charge on any atom is -0.358 e. The molecule has 0 bridgehead atoms. The number of alkyl halides is 2. The van der Waals surface area contributed by atoms with Gasteiger partial charge in [-0.25, -0.2) is 13.8 Å². The Morgan fingerprint density at radius 1 is 1.23 bits per heavy atom. The monoisotopic (exact) mass is 489 g/mol. The zero-order valence-corrected chi connectivity index (χ0v) is 17.9. The average Bonchev–Trinajstić information content (AvgIpc) is 3.27. The van der Waals surface area contributed by atoms with Crippen LogP contribution in [0.15, 0.2) is 47.1 Å². The maximum Gasteiger partial charge on any atom is 0.280 e. The van der Waals surface area contributed by atoms with E-state index in [1.807, 2.05) is 30.3 Å². The molecule has 1 atom stereocenters. The Balaban J connectivity index is 1.75. The van der Waals surface area contributed by atoms with Gasteiger partial charge in [-0.3, -0.25) is 9.48 Å². The molecule has 30 heavy (non-hydrogen) atoms. The van der Waals surface area contributed by atoms with Crippen LogP contribution in [0.5, 0.6) is 0 Å². The fraction of sp³-hybridized carbons (Fsp3) is 0.150. The van der Waals surface area contributed by atoms with Gasteiger partial charge in [0.25, 0.3) is 12.3 Å². The molecule has 5 rings (SSSR count). The van der Waals surface area contributed by atoms with Crippen LogP contribution >= 0.6 is 27.3 Å². The molecule has 0 spiro atoms. The van der Waals surface area contributed by atoms with Crippen LogP contribution in [0.1, 0.15) is 33.7 Å². The summed E-state index contributed by atoms with van der Waals surface area (Å²) in [5, 5.41) is 11.1. The summed E-state index contributed by atoms with van der Waals surface area (Å²) in [5.41, 5.74) is 2.40. The Hall–Kier alpha value is -2.85. The maximum atomic E-state index is 13.5. The number of carbonyl (C=O) groups is 1. The molecule has 0 radical (unpaired) electrons. The number of aromatic nitrogens is 3. The molecular formula is C20H14BrF2N5OS. The van der Waals surface area contributed by atoms with Crippen LogP contribution in [0.2, 0.25) is 0 Å². The number of amides is 1. The number of rotatable bonds is 3. The van der Waals surface area contributed by atoms with Crippen molar-refractivity contribution in [2.45, 2.75) is 12.6 Å². The SMILES string of the molecule is Cn1ncc(Br)c1[C@H]1NC(=O)c2sc3nc(C(F)F)cc(-c4ccccc4)c3c2N1. The number of thiophene rings is 1. The zero-order valence-electron chi connectivity index (χ0n) is 15.5. The lowest BCUT2D eigenvalue weighted by molar-refractivity contribution is 0.0938. The van der Waals surface area contributed by atoms with Crippen LogP contribution in [0.4, 0.5) is 14.5 Å². The molecule has 1 aliphatic heterocycles. The molecule has 0 aliphatic carbocycles. The summed E-state index contributed by atoms with van der Waals surface area (Å²) in [6, 6.07) is 10.7. The third-order valence-corrected chi connectivity index (χ3v) is 6.67. The van der Waals surface area contributed by atoms with Crippen molar-refractivity contribution < 1.29 is 13.6 Å². The molecule has 1 aromatic carbocycles. The fourth-order valence-electron chi connectivity index (χ4n) is 3.63. The molecule has 0 saturated carbocycles. The Labute approximate surface area is 182 Å². The first kappa shape index (κ1) is 19.1. The molecule has 2 N–H and O–H groups in total. The zero-order chi connectivity index (χ0) is 21.0. The first-order valence-electron chi connectivity index (χ1n) is 9.00. The summed E-state index contributed by atoms with van der Waals surface area (Å²) in [6.07, 6.45) is -1.60. The van der Waals surface area contributed by atoms with Crippen LogP contribution in [0, 0.1) is 0 Å². The second-order valence-electron chi connectivity index (χ2n) is 6.80. The second kappa shape index (κ2) is 7.13. The topological polar surface area (TPSA) is 71.8 Å². The van der Waals surface area contributed by atoms with E-state index in [1.54, 1.807) is 17.9 Å². The van der Waals surface area contributed by atoms with E-state index in [2.05, 4.69) is 36.6 Å². The number of carbonyl (C=O) groups excluding carboxylic acids is 1. The number of hydrogen-bond acceptors (Lipinski definition) is 5. The van der Waals surface area contributed by atoms with Crippen molar-refractivity contribution in [1.29, 1.82) is 0 Å². The summed E-state index contributed by atoms with van der Waals surface area (Å²) >= 11 is 4.56. The predicted molar refractivity (Wildman–Crippen MR) is 115 cm³/mol. The van der Waals surface area contributed by atoms with E-state index < -0.39 is 12.6 Å². The van der Waals surface area contributed by atoms with Gasteiger partial charge in [0.2, 0.25) is 0 Å². The molecule has 0 unspecified atom stereocenters. The number of anilines is 1. The van der Waals surface area contributed by atoms with E-state index in [9.17, 15) is 13.6 Å². The molecule has 1 amide bonds. The number of fused-ring (bicyclic) bond motifs is 3. The maximum absolute atomic E-state index is 13.5. The number of aryl methyl sites for hydroxylation is 1. The highest BCUT2D eigenvalue weighted by Crippen LogP contribution is 2.45. The van der Waals surface area contributed by atoms with E-state index >= 15 is 0 Å². The number of nitrogens with zero attached hydrogens (tertiary/aromatic N) is 3. The van der Waals surface area contributed by atoms with Crippen molar-refractivity contribution >= 4 is 49.1 Å². The van der Waals surface area contributed by atoms with Gasteiger partial charge in [-0.15, -0.1) is 11.3 Å². The third-order valence-electron chi connectivity index (χ3n) is 4.97. The van der Waals surface area contributed by atoms with Crippen LogP contribution < -0.4 is 10.6 Å². The minimum absolute atomic E-state index is 0.289. The van der Waals surface area contributed by atoms with Gasteiger partial charge in [-0.05, 0) is 33.1 Å². The molecule has 10 heteroatoms. The van der Waals surface area contributed by atoms with Crippen LogP contribution in [0.3, 0.4) is 0 Å². The summed E-state index contributed by atoms with van der Waals surface area (Å²) in [7, 11) is 1.78. The highest BCUT2D eigenvalue weighted by atomic mass is 79.9. The van der Waals surface area contributed by atoms with Gasteiger partial charge in [0, 0.05) is 12.4 Å². The van der Waals surface area contributed by atoms with E-state index in [0.29, 0.717) is 26.3 Å². The lowest BCUT2D eigenvalue weighted by atomic mass is 10.0. The Bertz CT molecular complexity index is 1270. The number of nitrogens with one attached hydrogen (secondary N) is 2. The summed E-state index contributed by atoms with van der Waals surface area (Å²) in [6.45, 7) is 0. The van der Waals surface area contributed by atoms with Crippen molar-refractivity contribution in [1.82, 2.24) is 20.1 Å². The molecule has 0 fully saturated rings. The van der Waals surface area contributed by atoms with Gasteiger partial charge in [-0.1, -0.05) is 30.3 Å². The van der Waals surface area contributed by atoms with Gasteiger partial charge in [-0.2, -0.15) is 5.10 Å². The van der Waals surface area contributed by atoms with Crippen molar-refractivity contribution in [3.8, 4) is 11.1 Å². The second-order valence-corrected chi connectivity index (χ2v) is 8.65. The van der Waals surface area contributed by atoms with Crippen LogP contribution in [-0.2, 0) is 7.05 Å². The van der Waals surface area contributed by atoms with Gasteiger partial charge in [0.1, 0.15) is 21.6 Å². The lowest BCUT2D eigenvalue weighted by Crippen LogP contribution is -2.38. The molecule has 0 saturated heterocycles. The average molecular weight is 490 g/mol. The number of pyridine rings is 1. The van der Waals surface area contributed by atoms with E-state index in [4.69, 9.17) is 0 Å². The third kappa shape index (κ3) is 2.98. The molecule has 1 aliphatic rings. The van der Waals surface area contributed by atoms with Crippen molar-refractivity contribution in [2.75, 3.05) is 5.32 Å². The number of hydrogen-bond donors (Lipinski definition) is 2. The largest absolute Gasteiger partial charge is 0.358 e. The molecule has 6 nitrogen and oxygen atoms in total. The number of benzene rings is 1. The van der Waals surface area contributed by atoms with E-state index in [1.165, 1.54) is 6.07 Å². The fourth-order valence-corrected chi connectivity index (χ4v) is 5.28. The first-order valence-corrected chi connectivity index (χ1v) is 10.6. The molecular weight excluding hydrogens is 476 g/mol. The summed E-state index contributed by atoms with van der Waals surface area (Å²) in [5.74, 6) is -0.289. The van der Waals surface area contributed by atoms with E-state index in [0.717, 1.165) is 27.1 Å².